The van der Waals surface area contributed by atoms with E-state index < -0.39 is 5.91 Å². The Labute approximate surface area is 117 Å². The first-order valence-electron chi connectivity index (χ1n) is 6.14. The van der Waals surface area contributed by atoms with E-state index in [0.717, 1.165) is 5.56 Å². The van der Waals surface area contributed by atoms with Crippen molar-refractivity contribution in [3.63, 3.8) is 0 Å². The van der Waals surface area contributed by atoms with E-state index in [1.165, 1.54) is 0 Å². The van der Waals surface area contributed by atoms with Gasteiger partial charge in [-0.3, -0.25) is 4.79 Å². The Morgan fingerprint density at radius 3 is 2.90 bits per heavy atom. The lowest BCUT2D eigenvalue weighted by molar-refractivity contribution is -0.119. The molecule has 0 aliphatic heterocycles. The molecule has 0 heterocycles. The second kappa shape index (κ2) is 8.76. The molecule has 0 saturated carbocycles. The van der Waals surface area contributed by atoms with Crippen molar-refractivity contribution < 1.29 is 14.3 Å². The largest absolute Gasteiger partial charge is 0.484 e. The molecule has 0 saturated heterocycles. The summed E-state index contributed by atoms with van der Waals surface area (Å²) in [7, 11) is 1.62. The Hall–Kier alpha value is -2.28. The molecule has 0 aliphatic carbocycles. The first-order valence-corrected chi connectivity index (χ1v) is 6.14. The number of hydrogen-bond donors (Lipinski definition) is 3. The lowest BCUT2D eigenvalue weighted by atomic mass is 10.2. The normalized spacial score (nSPS) is 11.2. The number of aliphatic imine (C=N–C) groups is 1. The summed E-state index contributed by atoms with van der Waals surface area (Å²) in [6.07, 6.45) is 0. The lowest BCUT2D eigenvalue weighted by Crippen LogP contribution is -2.34. The van der Waals surface area contributed by atoms with E-state index in [-0.39, 0.29) is 6.61 Å². The number of primary amides is 1. The number of nitrogens with one attached hydrogen (secondary N) is 1. The third-order valence-electron chi connectivity index (χ3n) is 2.32. The molecule has 0 unspecified atom stereocenters. The minimum Gasteiger partial charge on any atom is -0.484 e. The van der Waals surface area contributed by atoms with Gasteiger partial charge in [0.05, 0.1) is 13.2 Å². The molecule has 1 amide bonds. The van der Waals surface area contributed by atoms with Crippen molar-refractivity contribution in [2.24, 2.45) is 16.5 Å². The van der Waals surface area contributed by atoms with Crippen LogP contribution in [0.25, 0.3) is 0 Å². The van der Waals surface area contributed by atoms with Crippen LogP contribution in [-0.2, 0) is 16.1 Å². The molecule has 1 aromatic rings. The van der Waals surface area contributed by atoms with Crippen molar-refractivity contribution in [2.45, 2.75) is 6.54 Å². The van der Waals surface area contributed by atoms with Crippen LogP contribution < -0.4 is 21.5 Å². The molecule has 0 radical (unpaired) electrons. The fourth-order valence-electron chi connectivity index (χ4n) is 1.40. The molecule has 7 nitrogen and oxygen atoms in total. The average molecular weight is 280 g/mol. The predicted octanol–water partition coefficient (Wildman–Crippen LogP) is -0.399. The van der Waals surface area contributed by atoms with Gasteiger partial charge in [0.2, 0.25) is 0 Å². The molecule has 1 rings (SSSR count). The van der Waals surface area contributed by atoms with Gasteiger partial charge in [-0.25, -0.2) is 4.99 Å². The third kappa shape index (κ3) is 6.60. The number of guanidine groups is 1. The Balaban J connectivity index is 2.48. The van der Waals surface area contributed by atoms with Crippen LogP contribution >= 0.6 is 0 Å². The summed E-state index contributed by atoms with van der Waals surface area (Å²) in [5.41, 5.74) is 11.6. The van der Waals surface area contributed by atoms with Gasteiger partial charge in [0.15, 0.2) is 12.6 Å². The van der Waals surface area contributed by atoms with Gasteiger partial charge in [0.25, 0.3) is 5.91 Å². The molecular weight excluding hydrogens is 260 g/mol. The first kappa shape index (κ1) is 15.8. The molecule has 0 fully saturated rings. The monoisotopic (exact) mass is 280 g/mol. The van der Waals surface area contributed by atoms with Crippen LogP contribution in [0.1, 0.15) is 5.56 Å². The molecule has 1 aromatic carbocycles. The number of hydrogen-bond acceptors (Lipinski definition) is 4. The number of nitrogens with two attached hydrogens (primary N) is 2. The van der Waals surface area contributed by atoms with Crippen molar-refractivity contribution >= 4 is 11.9 Å². The van der Waals surface area contributed by atoms with Gasteiger partial charge in [-0.05, 0) is 17.7 Å². The zero-order chi connectivity index (χ0) is 14.8. The van der Waals surface area contributed by atoms with E-state index in [0.29, 0.717) is 31.4 Å². The van der Waals surface area contributed by atoms with Crippen molar-refractivity contribution in [1.29, 1.82) is 0 Å². The van der Waals surface area contributed by atoms with E-state index >= 15 is 0 Å². The van der Waals surface area contributed by atoms with Gasteiger partial charge in [0, 0.05) is 13.7 Å². The van der Waals surface area contributed by atoms with E-state index in [1.54, 1.807) is 19.2 Å². The second-order valence-electron chi connectivity index (χ2n) is 4.02. The maximum absolute atomic E-state index is 10.6. The minimum atomic E-state index is -0.514. The van der Waals surface area contributed by atoms with E-state index in [9.17, 15) is 4.79 Å². The summed E-state index contributed by atoms with van der Waals surface area (Å²) < 4.78 is 10.1. The summed E-state index contributed by atoms with van der Waals surface area (Å²) in [6, 6.07) is 7.24. The number of benzene rings is 1. The van der Waals surface area contributed by atoms with Crippen LogP contribution in [0.15, 0.2) is 29.3 Å². The molecule has 0 spiro atoms. The van der Waals surface area contributed by atoms with Crippen molar-refractivity contribution in [2.75, 3.05) is 26.9 Å². The number of carbonyl (C=O) groups excluding carboxylic acids is 1. The summed E-state index contributed by atoms with van der Waals surface area (Å²) in [5, 5.41) is 2.92. The smallest absolute Gasteiger partial charge is 0.255 e. The lowest BCUT2D eigenvalue weighted by Gasteiger charge is -2.06. The predicted molar refractivity (Wildman–Crippen MR) is 76.3 cm³/mol. The highest BCUT2D eigenvalue weighted by Crippen LogP contribution is 2.13. The molecule has 0 aliphatic rings. The van der Waals surface area contributed by atoms with Crippen LogP contribution in [0.2, 0.25) is 0 Å². The number of amides is 1. The Bertz CT molecular complexity index is 463. The third-order valence-corrected chi connectivity index (χ3v) is 2.32. The summed E-state index contributed by atoms with van der Waals surface area (Å²) in [5.74, 6) is 0.410. The quantitative estimate of drug-likeness (QED) is 0.341. The number of carbonyl (C=O) groups is 1. The van der Waals surface area contributed by atoms with Crippen molar-refractivity contribution in [1.82, 2.24) is 5.32 Å². The maximum atomic E-state index is 10.6. The van der Waals surface area contributed by atoms with Gasteiger partial charge >= 0.3 is 0 Å². The average Bonchev–Trinajstić information content (AvgIpc) is 2.44. The molecule has 0 bridgehead atoms. The number of methoxy groups -OCH3 is 1. The minimum absolute atomic E-state index is 0.145. The zero-order valence-corrected chi connectivity index (χ0v) is 11.5. The van der Waals surface area contributed by atoms with Crippen LogP contribution in [-0.4, -0.2) is 38.7 Å². The number of nitrogens with zero attached hydrogens (tertiary/aromatic N) is 1. The van der Waals surface area contributed by atoms with Crippen LogP contribution in [0.5, 0.6) is 5.75 Å². The molecular formula is C13H20N4O3. The number of ether oxygens (including phenoxy) is 2. The van der Waals surface area contributed by atoms with Crippen molar-refractivity contribution in [3.8, 4) is 5.75 Å². The number of rotatable bonds is 8. The van der Waals surface area contributed by atoms with Crippen LogP contribution in [0.4, 0.5) is 0 Å². The summed E-state index contributed by atoms with van der Waals surface area (Å²) in [6.45, 7) is 1.44. The molecule has 5 N–H and O–H groups in total. The highest BCUT2D eigenvalue weighted by Gasteiger charge is 1.99. The van der Waals surface area contributed by atoms with Gasteiger partial charge in [-0.15, -0.1) is 0 Å². The van der Waals surface area contributed by atoms with Crippen LogP contribution in [0, 0.1) is 0 Å². The Morgan fingerprint density at radius 2 is 2.20 bits per heavy atom. The SMILES string of the molecule is COCCNC(N)=NCc1cccc(OCC(N)=O)c1. The Kier molecular flexibility index (Phi) is 6.91. The molecule has 110 valence electrons. The van der Waals surface area contributed by atoms with Gasteiger partial charge in [0.1, 0.15) is 5.75 Å². The fourth-order valence-corrected chi connectivity index (χ4v) is 1.40. The second-order valence-corrected chi connectivity index (χ2v) is 4.02. The van der Waals surface area contributed by atoms with E-state index in [2.05, 4.69) is 10.3 Å². The molecule has 0 atom stereocenters. The van der Waals surface area contributed by atoms with Gasteiger partial charge in [-0.2, -0.15) is 0 Å². The maximum Gasteiger partial charge on any atom is 0.255 e. The molecule has 20 heavy (non-hydrogen) atoms. The summed E-state index contributed by atoms with van der Waals surface area (Å²) in [4.78, 5) is 14.8. The van der Waals surface area contributed by atoms with Crippen molar-refractivity contribution in [3.05, 3.63) is 29.8 Å². The topological polar surface area (TPSA) is 112 Å². The standard InChI is InChI=1S/C13H20N4O3/c1-19-6-5-16-13(15)17-8-10-3-2-4-11(7-10)20-9-12(14)18/h2-4,7H,5-6,8-9H2,1H3,(H2,14,18)(H3,15,16,17). The van der Waals surface area contributed by atoms with Gasteiger partial charge in [-0.1, -0.05) is 12.1 Å². The fraction of sp³-hybridized carbons (Fsp3) is 0.385. The first-order chi connectivity index (χ1) is 9.61. The highest BCUT2D eigenvalue weighted by molar-refractivity contribution is 5.77. The van der Waals surface area contributed by atoms with Gasteiger partial charge < -0.3 is 26.3 Å². The Morgan fingerprint density at radius 1 is 1.40 bits per heavy atom. The molecule has 0 aromatic heterocycles. The van der Waals surface area contributed by atoms with E-state index in [4.69, 9.17) is 20.9 Å². The van der Waals surface area contributed by atoms with Crippen LogP contribution in [0.3, 0.4) is 0 Å². The summed E-state index contributed by atoms with van der Waals surface area (Å²) >= 11 is 0. The van der Waals surface area contributed by atoms with E-state index in [1.807, 2.05) is 12.1 Å². The molecule has 7 heteroatoms. The zero-order valence-electron chi connectivity index (χ0n) is 11.5. The highest BCUT2D eigenvalue weighted by atomic mass is 16.5.